The minimum Gasteiger partial charge on any atom is -0.493 e. The number of hydrogen-bond acceptors (Lipinski definition) is 8. The van der Waals surface area contributed by atoms with Crippen molar-refractivity contribution in [2.24, 2.45) is 5.73 Å². The number of benzene rings is 2. The van der Waals surface area contributed by atoms with Crippen LogP contribution in [-0.2, 0) is 11.8 Å². The molecule has 0 saturated carbocycles. The summed E-state index contributed by atoms with van der Waals surface area (Å²) in [5.74, 6) is 3.16. The topological polar surface area (TPSA) is 105 Å². The van der Waals surface area contributed by atoms with Gasteiger partial charge in [0.25, 0.3) is 0 Å². The van der Waals surface area contributed by atoms with Crippen LogP contribution in [0.2, 0.25) is 0 Å². The van der Waals surface area contributed by atoms with Gasteiger partial charge in [0.05, 0.1) is 54.1 Å². The van der Waals surface area contributed by atoms with Crippen LogP contribution >= 0.6 is 0 Å². The van der Waals surface area contributed by atoms with E-state index in [1.54, 1.807) is 28.4 Å². The molecule has 0 amide bonds. The van der Waals surface area contributed by atoms with E-state index < -0.39 is 5.41 Å². The number of ether oxygens (including phenoxy) is 6. The Hall–Kier alpha value is -3.31. The van der Waals surface area contributed by atoms with Gasteiger partial charge < -0.3 is 34.2 Å². The third kappa shape index (κ3) is 6.04. The molecule has 8 heteroatoms. The van der Waals surface area contributed by atoms with Crippen molar-refractivity contribution in [3.63, 3.8) is 0 Å². The number of rotatable bonds is 14. The zero-order valence-electron chi connectivity index (χ0n) is 21.9. The fourth-order valence-electron chi connectivity index (χ4n) is 4.46. The Balaban J connectivity index is 2.25. The van der Waals surface area contributed by atoms with E-state index in [0.29, 0.717) is 59.3 Å². The highest BCUT2D eigenvalue weighted by Crippen LogP contribution is 2.51. The standard InChI is InChI=1S/C27H38N2O6/c1-8-27(17-28,20-16-23(32-4)25(34-6)26(35-7)24(20)33-5)13-9-10-19(29)14-18-11-12-21(30-2)22(15-18)31-3/h11-12,15-16,19H,8-10,13-14,29H2,1-7H3. The number of methoxy groups -OCH3 is 6. The van der Waals surface area contributed by atoms with E-state index in [-0.39, 0.29) is 6.04 Å². The molecule has 2 unspecified atom stereocenters. The molecule has 0 fully saturated rings. The second-order valence-electron chi connectivity index (χ2n) is 8.32. The van der Waals surface area contributed by atoms with Crippen molar-refractivity contribution in [2.45, 2.75) is 50.5 Å². The number of nitriles is 1. The minimum absolute atomic E-state index is 0.0665. The first-order valence-corrected chi connectivity index (χ1v) is 11.6. The predicted octanol–water partition coefficient (Wildman–Crippen LogP) is 4.65. The van der Waals surface area contributed by atoms with E-state index in [0.717, 1.165) is 18.4 Å². The molecule has 0 spiro atoms. The molecule has 8 nitrogen and oxygen atoms in total. The molecular weight excluding hydrogens is 448 g/mol. The van der Waals surface area contributed by atoms with Crippen LogP contribution in [0.5, 0.6) is 34.5 Å². The molecule has 0 aromatic heterocycles. The molecule has 2 aromatic rings. The third-order valence-corrected chi connectivity index (χ3v) is 6.45. The van der Waals surface area contributed by atoms with Crippen LogP contribution in [0.1, 0.15) is 43.7 Å². The maximum Gasteiger partial charge on any atom is 0.207 e. The van der Waals surface area contributed by atoms with Crippen molar-refractivity contribution >= 4 is 0 Å². The monoisotopic (exact) mass is 486 g/mol. The average Bonchev–Trinajstić information content (AvgIpc) is 2.89. The van der Waals surface area contributed by atoms with Gasteiger partial charge in [-0.05, 0) is 55.9 Å². The molecule has 0 heterocycles. The molecule has 0 saturated heterocycles. The summed E-state index contributed by atoms with van der Waals surface area (Å²) in [6.07, 6.45) is 3.40. The SMILES string of the molecule is CCC(C#N)(CCCC(N)Cc1ccc(OC)c(OC)c1)c1cc(OC)c(OC)c(OC)c1OC. The molecule has 0 aliphatic heterocycles. The smallest absolute Gasteiger partial charge is 0.207 e. The summed E-state index contributed by atoms with van der Waals surface area (Å²) in [4.78, 5) is 0. The Morgan fingerprint density at radius 1 is 0.829 bits per heavy atom. The van der Waals surface area contributed by atoms with E-state index >= 15 is 0 Å². The Morgan fingerprint density at radius 3 is 1.97 bits per heavy atom. The van der Waals surface area contributed by atoms with Crippen LogP contribution in [-0.4, -0.2) is 48.7 Å². The van der Waals surface area contributed by atoms with Crippen LogP contribution in [0.15, 0.2) is 24.3 Å². The average molecular weight is 487 g/mol. The second kappa shape index (κ2) is 13.0. The van der Waals surface area contributed by atoms with E-state index in [1.165, 1.54) is 14.2 Å². The predicted molar refractivity (Wildman–Crippen MR) is 135 cm³/mol. The number of hydrogen-bond donors (Lipinski definition) is 1. The molecule has 0 aliphatic rings. The lowest BCUT2D eigenvalue weighted by Gasteiger charge is -2.30. The molecule has 0 radical (unpaired) electrons. The second-order valence-corrected chi connectivity index (χ2v) is 8.32. The lowest BCUT2D eigenvalue weighted by molar-refractivity contribution is 0.298. The van der Waals surface area contributed by atoms with E-state index in [4.69, 9.17) is 34.2 Å². The molecular formula is C27H38N2O6. The number of nitrogens with two attached hydrogens (primary N) is 1. The summed E-state index contributed by atoms with van der Waals surface area (Å²) < 4.78 is 33.0. The van der Waals surface area contributed by atoms with Gasteiger partial charge in [-0.2, -0.15) is 5.26 Å². The van der Waals surface area contributed by atoms with Gasteiger partial charge in [0, 0.05) is 11.6 Å². The minimum atomic E-state index is -0.804. The first-order valence-electron chi connectivity index (χ1n) is 11.6. The van der Waals surface area contributed by atoms with Crippen molar-refractivity contribution in [3.05, 3.63) is 35.4 Å². The van der Waals surface area contributed by atoms with E-state index in [9.17, 15) is 5.26 Å². The maximum absolute atomic E-state index is 10.3. The molecule has 2 atom stereocenters. The van der Waals surface area contributed by atoms with Gasteiger partial charge in [-0.3, -0.25) is 0 Å². The highest BCUT2D eigenvalue weighted by Gasteiger charge is 2.37. The van der Waals surface area contributed by atoms with Crippen LogP contribution < -0.4 is 34.2 Å². The normalized spacial score (nSPS) is 13.2. The van der Waals surface area contributed by atoms with Crippen molar-refractivity contribution in [2.75, 3.05) is 42.7 Å². The lowest BCUT2D eigenvalue weighted by atomic mass is 9.74. The zero-order chi connectivity index (χ0) is 26.0. The molecule has 0 aliphatic carbocycles. The lowest BCUT2D eigenvalue weighted by Crippen LogP contribution is -2.27. The van der Waals surface area contributed by atoms with Gasteiger partial charge in [-0.1, -0.05) is 13.0 Å². The van der Waals surface area contributed by atoms with Gasteiger partial charge in [0.2, 0.25) is 11.5 Å². The summed E-state index contributed by atoms with van der Waals surface area (Å²) in [5.41, 5.74) is 7.45. The molecule has 2 N–H and O–H groups in total. The van der Waals surface area contributed by atoms with Gasteiger partial charge in [-0.25, -0.2) is 0 Å². The maximum atomic E-state index is 10.3. The largest absolute Gasteiger partial charge is 0.493 e. The Morgan fingerprint density at radius 2 is 1.46 bits per heavy atom. The summed E-state index contributed by atoms with van der Waals surface area (Å²) in [7, 11) is 9.42. The van der Waals surface area contributed by atoms with Gasteiger partial charge in [0.15, 0.2) is 23.0 Å². The van der Waals surface area contributed by atoms with Crippen LogP contribution in [0.4, 0.5) is 0 Å². The number of nitrogens with zero attached hydrogens (tertiary/aromatic N) is 1. The first-order chi connectivity index (χ1) is 16.9. The summed E-state index contributed by atoms with van der Waals surface area (Å²) in [6.45, 7) is 2.00. The van der Waals surface area contributed by atoms with Gasteiger partial charge in [0.1, 0.15) is 0 Å². The van der Waals surface area contributed by atoms with Crippen LogP contribution in [0.3, 0.4) is 0 Å². The van der Waals surface area contributed by atoms with Crippen molar-refractivity contribution in [1.82, 2.24) is 0 Å². The van der Waals surface area contributed by atoms with Crippen molar-refractivity contribution in [1.29, 1.82) is 5.26 Å². The molecule has 2 aromatic carbocycles. The quantitative estimate of drug-likeness (QED) is 0.411. The molecule has 0 bridgehead atoms. The molecule has 192 valence electrons. The van der Waals surface area contributed by atoms with E-state index in [1.807, 2.05) is 31.2 Å². The summed E-state index contributed by atoms with van der Waals surface area (Å²) in [5, 5.41) is 10.3. The fourth-order valence-corrected chi connectivity index (χ4v) is 4.46. The van der Waals surface area contributed by atoms with Crippen LogP contribution in [0, 0.1) is 11.3 Å². The van der Waals surface area contributed by atoms with Gasteiger partial charge >= 0.3 is 0 Å². The molecule has 2 rings (SSSR count). The fraction of sp³-hybridized carbons (Fsp3) is 0.519. The van der Waals surface area contributed by atoms with Crippen molar-refractivity contribution in [3.8, 4) is 40.6 Å². The Labute approximate surface area is 208 Å². The van der Waals surface area contributed by atoms with E-state index in [2.05, 4.69) is 6.07 Å². The van der Waals surface area contributed by atoms with Crippen LogP contribution in [0.25, 0.3) is 0 Å². The molecule has 35 heavy (non-hydrogen) atoms. The summed E-state index contributed by atoms with van der Waals surface area (Å²) in [6, 6.07) is 10.1. The first kappa shape index (κ1) is 27.9. The van der Waals surface area contributed by atoms with Crippen molar-refractivity contribution < 1.29 is 28.4 Å². The third-order valence-electron chi connectivity index (χ3n) is 6.45. The zero-order valence-corrected chi connectivity index (χ0v) is 21.9. The Kier molecular flexibility index (Phi) is 10.3. The highest BCUT2D eigenvalue weighted by atomic mass is 16.5. The highest BCUT2D eigenvalue weighted by molar-refractivity contribution is 5.65. The summed E-state index contributed by atoms with van der Waals surface area (Å²) >= 11 is 0. The van der Waals surface area contributed by atoms with Gasteiger partial charge in [-0.15, -0.1) is 0 Å². The Bertz CT molecular complexity index is 1020.